The van der Waals surface area contributed by atoms with Crippen LogP contribution >= 0.6 is 11.8 Å². The molecule has 1 aromatic rings. The highest BCUT2D eigenvalue weighted by molar-refractivity contribution is 8.13. The summed E-state index contributed by atoms with van der Waals surface area (Å²) >= 11 is 1.23. The van der Waals surface area contributed by atoms with Crippen molar-refractivity contribution in [3.63, 3.8) is 0 Å². The highest BCUT2D eigenvalue weighted by Crippen LogP contribution is 2.25. The predicted octanol–water partition coefficient (Wildman–Crippen LogP) is 4.66. The maximum atomic E-state index is 12.1. The van der Waals surface area contributed by atoms with Crippen LogP contribution < -0.4 is 0 Å². The van der Waals surface area contributed by atoms with Gasteiger partial charge in [-0.25, -0.2) is 0 Å². The van der Waals surface area contributed by atoms with Gasteiger partial charge in [0.2, 0.25) is 0 Å². The van der Waals surface area contributed by atoms with Crippen molar-refractivity contribution < 1.29 is 9.90 Å². The molecule has 0 aliphatic heterocycles. The van der Waals surface area contributed by atoms with Crippen LogP contribution in [0.5, 0.6) is 0 Å². The molecule has 0 saturated heterocycles. The molecule has 2 nitrogen and oxygen atoms in total. The number of hydrogen-bond donors (Lipinski definition) is 1. The normalized spacial score (nSPS) is 13.9. The minimum absolute atomic E-state index is 0.0530. The molecule has 2 atom stereocenters. The zero-order valence-corrected chi connectivity index (χ0v) is 13.4. The molecular formula is C17H26O2S. The lowest BCUT2D eigenvalue weighted by Gasteiger charge is -2.17. The molecule has 0 saturated carbocycles. The van der Waals surface area contributed by atoms with E-state index in [1.54, 1.807) is 0 Å². The molecule has 0 aliphatic carbocycles. The molecule has 0 radical (unpaired) electrons. The van der Waals surface area contributed by atoms with Gasteiger partial charge in [-0.3, -0.25) is 4.79 Å². The third kappa shape index (κ3) is 6.58. The zero-order valence-electron chi connectivity index (χ0n) is 12.5. The Labute approximate surface area is 127 Å². The van der Waals surface area contributed by atoms with Crippen LogP contribution in [0.15, 0.2) is 35.2 Å². The monoisotopic (exact) mass is 294 g/mol. The molecule has 0 heterocycles. The van der Waals surface area contributed by atoms with Crippen molar-refractivity contribution in [1.29, 1.82) is 0 Å². The average molecular weight is 294 g/mol. The average Bonchev–Trinajstić information content (AvgIpc) is 2.47. The summed E-state index contributed by atoms with van der Waals surface area (Å²) in [5, 5.41) is 10.1. The van der Waals surface area contributed by atoms with Crippen LogP contribution in [0.3, 0.4) is 0 Å². The third-order valence-electron chi connectivity index (χ3n) is 3.51. The quantitative estimate of drug-likeness (QED) is 0.531. The van der Waals surface area contributed by atoms with Gasteiger partial charge in [-0.05, 0) is 18.6 Å². The standard InChI is InChI=1S/C17H26O2S/c1-3-4-5-6-10-13-16(18)14(2)17(19)20-15-11-8-7-9-12-15/h7-9,11-12,14,16,18H,3-6,10,13H2,1-2H3/t14-,16+/m0/s1. The van der Waals surface area contributed by atoms with Gasteiger partial charge >= 0.3 is 0 Å². The van der Waals surface area contributed by atoms with Crippen molar-refractivity contribution in [2.45, 2.75) is 63.4 Å². The Kier molecular flexibility index (Phi) is 8.63. The van der Waals surface area contributed by atoms with Gasteiger partial charge in [0.1, 0.15) is 0 Å². The largest absolute Gasteiger partial charge is 0.392 e. The van der Waals surface area contributed by atoms with Crippen molar-refractivity contribution in [3.8, 4) is 0 Å². The van der Waals surface area contributed by atoms with Crippen molar-refractivity contribution in [3.05, 3.63) is 30.3 Å². The van der Waals surface area contributed by atoms with Gasteiger partial charge in [0.15, 0.2) is 5.12 Å². The number of aliphatic hydroxyl groups is 1. The van der Waals surface area contributed by atoms with E-state index < -0.39 is 6.10 Å². The molecule has 0 aliphatic rings. The molecule has 0 amide bonds. The summed E-state index contributed by atoms with van der Waals surface area (Å²) < 4.78 is 0. The van der Waals surface area contributed by atoms with Gasteiger partial charge in [-0.1, -0.05) is 75.9 Å². The second-order valence-corrected chi connectivity index (χ2v) is 6.37. The van der Waals surface area contributed by atoms with E-state index in [4.69, 9.17) is 0 Å². The fourth-order valence-corrected chi connectivity index (χ4v) is 2.93. The molecule has 0 bridgehead atoms. The van der Waals surface area contributed by atoms with Crippen LogP contribution in [-0.2, 0) is 4.79 Å². The summed E-state index contributed by atoms with van der Waals surface area (Å²) in [5.74, 6) is -0.300. The minimum Gasteiger partial charge on any atom is -0.392 e. The Morgan fingerprint density at radius 3 is 2.45 bits per heavy atom. The highest BCUT2D eigenvalue weighted by atomic mass is 32.2. The molecule has 0 unspecified atom stereocenters. The number of unbranched alkanes of at least 4 members (excludes halogenated alkanes) is 4. The van der Waals surface area contributed by atoms with Crippen LogP contribution in [0, 0.1) is 5.92 Å². The van der Waals surface area contributed by atoms with Gasteiger partial charge in [0, 0.05) is 4.90 Å². The topological polar surface area (TPSA) is 37.3 Å². The van der Waals surface area contributed by atoms with E-state index in [2.05, 4.69) is 6.92 Å². The fraction of sp³-hybridized carbons (Fsp3) is 0.588. The Hall–Kier alpha value is -0.800. The van der Waals surface area contributed by atoms with E-state index in [0.717, 1.165) is 24.2 Å². The molecule has 3 heteroatoms. The summed E-state index contributed by atoms with van der Waals surface area (Å²) in [7, 11) is 0. The molecular weight excluding hydrogens is 268 g/mol. The fourth-order valence-electron chi connectivity index (χ4n) is 2.06. The van der Waals surface area contributed by atoms with E-state index in [9.17, 15) is 9.90 Å². The van der Waals surface area contributed by atoms with E-state index in [1.807, 2.05) is 37.3 Å². The van der Waals surface area contributed by atoms with E-state index in [1.165, 1.54) is 31.0 Å². The summed E-state index contributed by atoms with van der Waals surface area (Å²) in [6.45, 7) is 4.02. The van der Waals surface area contributed by atoms with E-state index in [0.29, 0.717) is 0 Å². The van der Waals surface area contributed by atoms with Crippen LogP contribution in [0.1, 0.15) is 52.4 Å². The van der Waals surface area contributed by atoms with Crippen molar-refractivity contribution in [2.24, 2.45) is 5.92 Å². The Morgan fingerprint density at radius 1 is 1.15 bits per heavy atom. The second kappa shape index (κ2) is 10.0. The van der Waals surface area contributed by atoms with Crippen molar-refractivity contribution in [2.75, 3.05) is 0 Å². The number of carbonyl (C=O) groups excluding carboxylic acids is 1. The number of carbonyl (C=O) groups is 1. The molecule has 20 heavy (non-hydrogen) atoms. The van der Waals surface area contributed by atoms with Gasteiger partial charge < -0.3 is 5.11 Å². The molecule has 1 rings (SSSR count). The summed E-state index contributed by atoms with van der Waals surface area (Å²) in [6.07, 6.45) is 6.09. The Bertz CT molecular complexity index is 378. The minimum atomic E-state index is -0.514. The molecule has 112 valence electrons. The van der Waals surface area contributed by atoms with Crippen molar-refractivity contribution in [1.82, 2.24) is 0 Å². The smallest absolute Gasteiger partial charge is 0.199 e. The number of aliphatic hydroxyl groups excluding tert-OH is 1. The highest BCUT2D eigenvalue weighted by Gasteiger charge is 2.22. The maximum Gasteiger partial charge on any atom is 0.199 e. The Morgan fingerprint density at radius 2 is 1.80 bits per heavy atom. The lowest BCUT2D eigenvalue weighted by atomic mass is 10.00. The van der Waals surface area contributed by atoms with E-state index in [-0.39, 0.29) is 11.0 Å². The zero-order chi connectivity index (χ0) is 14.8. The SMILES string of the molecule is CCCCCCC[C@@H](O)[C@H](C)C(=O)Sc1ccccc1. The van der Waals surface area contributed by atoms with Gasteiger partial charge in [-0.15, -0.1) is 0 Å². The number of hydrogen-bond acceptors (Lipinski definition) is 3. The van der Waals surface area contributed by atoms with Gasteiger partial charge in [0.25, 0.3) is 0 Å². The predicted molar refractivity (Wildman–Crippen MR) is 85.9 cm³/mol. The van der Waals surface area contributed by atoms with Crippen molar-refractivity contribution >= 4 is 16.9 Å². The molecule has 0 spiro atoms. The first-order valence-corrected chi connectivity index (χ1v) is 8.41. The Balaban J connectivity index is 2.29. The van der Waals surface area contributed by atoms with Crippen LogP contribution in [0.4, 0.5) is 0 Å². The molecule has 1 aromatic carbocycles. The third-order valence-corrected chi connectivity index (χ3v) is 4.59. The summed E-state index contributed by atoms with van der Waals surface area (Å²) in [4.78, 5) is 13.0. The molecule has 1 N–H and O–H groups in total. The maximum absolute atomic E-state index is 12.1. The molecule has 0 fully saturated rings. The molecule has 0 aromatic heterocycles. The number of thioether (sulfide) groups is 1. The van der Waals surface area contributed by atoms with Gasteiger partial charge in [-0.2, -0.15) is 0 Å². The number of benzene rings is 1. The van der Waals surface area contributed by atoms with Crippen LogP contribution in [0.25, 0.3) is 0 Å². The first-order chi connectivity index (χ1) is 9.65. The first-order valence-electron chi connectivity index (χ1n) is 7.60. The second-order valence-electron chi connectivity index (χ2n) is 5.29. The van der Waals surface area contributed by atoms with Crippen LogP contribution in [-0.4, -0.2) is 16.3 Å². The summed E-state index contributed by atoms with van der Waals surface area (Å²) in [5.41, 5.74) is 0. The summed E-state index contributed by atoms with van der Waals surface area (Å²) in [6, 6.07) is 9.62. The van der Waals surface area contributed by atoms with E-state index >= 15 is 0 Å². The lowest BCUT2D eigenvalue weighted by Crippen LogP contribution is -2.23. The number of rotatable bonds is 9. The van der Waals surface area contributed by atoms with Gasteiger partial charge in [0.05, 0.1) is 12.0 Å². The van der Waals surface area contributed by atoms with Crippen LogP contribution in [0.2, 0.25) is 0 Å². The first kappa shape index (κ1) is 17.3. The lowest BCUT2D eigenvalue weighted by molar-refractivity contribution is -0.117.